The van der Waals surface area contributed by atoms with Crippen molar-refractivity contribution >= 4 is 0 Å². The van der Waals surface area contributed by atoms with Crippen molar-refractivity contribution in [3.63, 3.8) is 0 Å². The molecule has 0 saturated carbocycles. The van der Waals surface area contributed by atoms with Gasteiger partial charge in [-0.1, -0.05) is 6.07 Å². The number of benzene rings is 1. The predicted molar refractivity (Wildman–Crippen MR) is 56.2 cm³/mol. The lowest BCUT2D eigenvalue weighted by Gasteiger charge is -2.25. The Morgan fingerprint density at radius 2 is 2.06 bits per heavy atom. The molecule has 0 saturated heterocycles. The number of aryl methyl sites for hydroxylation is 1. The molecule has 0 aliphatic heterocycles. The first-order valence-corrected chi connectivity index (χ1v) is 5.39. The summed E-state index contributed by atoms with van der Waals surface area (Å²) in [6.45, 7) is 0. The van der Waals surface area contributed by atoms with E-state index in [1.165, 1.54) is 12.1 Å². The Hall–Kier alpha value is -1.03. The summed E-state index contributed by atoms with van der Waals surface area (Å²) < 4.78 is 37.6. The minimum atomic E-state index is -4.23. The molecule has 1 aliphatic rings. The Morgan fingerprint density at radius 3 is 2.69 bits per heavy atom. The van der Waals surface area contributed by atoms with Crippen LogP contribution in [-0.4, -0.2) is 7.05 Å². The van der Waals surface area contributed by atoms with Gasteiger partial charge in [-0.25, -0.2) is 0 Å². The van der Waals surface area contributed by atoms with Crippen LogP contribution in [0.25, 0.3) is 0 Å². The molecule has 1 aliphatic carbocycles. The van der Waals surface area contributed by atoms with E-state index in [1.807, 2.05) is 7.05 Å². The summed E-state index contributed by atoms with van der Waals surface area (Å²) in [5.74, 6) is 0. The second kappa shape index (κ2) is 4.09. The fourth-order valence-electron chi connectivity index (χ4n) is 2.29. The highest BCUT2D eigenvalue weighted by atomic mass is 19.4. The molecule has 2 rings (SSSR count). The van der Waals surface area contributed by atoms with E-state index >= 15 is 0 Å². The van der Waals surface area contributed by atoms with Gasteiger partial charge in [0.1, 0.15) is 0 Å². The van der Waals surface area contributed by atoms with Gasteiger partial charge in [-0.2, -0.15) is 13.2 Å². The second-order valence-corrected chi connectivity index (χ2v) is 4.14. The Morgan fingerprint density at radius 1 is 1.31 bits per heavy atom. The van der Waals surface area contributed by atoms with Crippen LogP contribution in [0.2, 0.25) is 0 Å². The molecule has 0 spiro atoms. The number of hydrogen-bond donors (Lipinski definition) is 1. The summed E-state index contributed by atoms with van der Waals surface area (Å²) in [5, 5.41) is 3.14. The first-order valence-electron chi connectivity index (χ1n) is 5.39. The van der Waals surface area contributed by atoms with Gasteiger partial charge in [0.2, 0.25) is 0 Å². The lowest BCUT2D eigenvalue weighted by atomic mass is 9.86. The van der Waals surface area contributed by atoms with E-state index in [9.17, 15) is 13.2 Å². The Labute approximate surface area is 92.7 Å². The molecular weight excluding hydrogens is 215 g/mol. The molecule has 4 heteroatoms. The van der Waals surface area contributed by atoms with Crippen LogP contribution in [0.15, 0.2) is 18.2 Å². The quantitative estimate of drug-likeness (QED) is 0.779. The Bertz CT molecular complexity index is 384. The van der Waals surface area contributed by atoms with Crippen molar-refractivity contribution in [2.45, 2.75) is 31.5 Å². The topological polar surface area (TPSA) is 12.0 Å². The second-order valence-electron chi connectivity index (χ2n) is 4.14. The van der Waals surface area contributed by atoms with Gasteiger partial charge in [-0.3, -0.25) is 0 Å². The van der Waals surface area contributed by atoms with E-state index in [0.717, 1.165) is 30.4 Å². The van der Waals surface area contributed by atoms with Crippen LogP contribution in [-0.2, 0) is 12.6 Å². The summed E-state index contributed by atoms with van der Waals surface area (Å²) in [5.41, 5.74) is 1.31. The number of fused-ring (bicyclic) bond motifs is 1. The summed E-state index contributed by atoms with van der Waals surface area (Å²) in [6, 6.07) is 4.28. The normalized spacial score (nSPS) is 20.6. The summed E-state index contributed by atoms with van der Waals surface area (Å²) in [6.07, 6.45) is -1.55. The van der Waals surface area contributed by atoms with E-state index in [4.69, 9.17) is 0 Å². The van der Waals surface area contributed by atoms with Crippen LogP contribution < -0.4 is 5.32 Å². The zero-order valence-electron chi connectivity index (χ0n) is 9.06. The van der Waals surface area contributed by atoms with Gasteiger partial charge >= 0.3 is 6.18 Å². The molecule has 1 nitrogen and oxygen atoms in total. The SMILES string of the molecule is CNC1CCCc2cc(C(F)(F)F)ccc21. The predicted octanol–water partition coefficient (Wildman–Crippen LogP) is 3.30. The van der Waals surface area contributed by atoms with Crippen molar-refractivity contribution in [3.8, 4) is 0 Å². The fraction of sp³-hybridized carbons (Fsp3) is 0.500. The molecule has 0 aromatic heterocycles. The van der Waals surface area contributed by atoms with Gasteiger partial charge in [0, 0.05) is 6.04 Å². The maximum atomic E-state index is 12.5. The van der Waals surface area contributed by atoms with Crippen molar-refractivity contribution in [3.05, 3.63) is 34.9 Å². The summed E-state index contributed by atoms with van der Waals surface area (Å²) in [7, 11) is 1.84. The van der Waals surface area contributed by atoms with E-state index in [0.29, 0.717) is 0 Å². The third kappa shape index (κ3) is 2.07. The van der Waals surface area contributed by atoms with Gasteiger partial charge in [-0.15, -0.1) is 0 Å². The van der Waals surface area contributed by atoms with Crippen LogP contribution >= 0.6 is 0 Å². The maximum Gasteiger partial charge on any atom is 0.416 e. The van der Waals surface area contributed by atoms with Crippen molar-refractivity contribution in [1.29, 1.82) is 0 Å². The highest BCUT2D eigenvalue weighted by Gasteiger charge is 2.31. The molecule has 0 heterocycles. The first kappa shape index (κ1) is 11.5. The first-order chi connectivity index (χ1) is 7.52. The van der Waals surface area contributed by atoms with Crippen molar-refractivity contribution in [2.75, 3.05) is 7.05 Å². The lowest BCUT2D eigenvalue weighted by molar-refractivity contribution is -0.137. The third-order valence-electron chi connectivity index (χ3n) is 3.13. The molecule has 0 fully saturated rings. The minimum absolute atomic E-state index is 0.200. The molecule has 1 aromatic carbocycles. The standard InChI is InChI=1S/C12H14F3N/c1-16-11-4-2-3-8-7-9(12(13,14)15)5-6-10(8)11/h5-7,11,16H,2-4H2,1H3. The molecule has 0 bridgehead atoms. The average Bonchev–Trinajstić information content (AvgIpc) is 2.26. The van der Waals surface area contributed by atoms with E-state index < -0.39 is 11.7 Å². The lowest BCUT2D eigenvalue weighted by Crippen LogP contribution is -2.22. The number of hydrogen-bond acceptors (Lipinski definition) is 1. The molecule has 0 amide bonds. The maximum absolute atomic E-state index is 12.5. The van der Waals surface area contributed by atoms with Gasteiger partial charge < -0.3 is 5.32 Å². The van der Waals surface area contributed by atoms with Crippen LogP contribution in [0.5, 0.6) is 0 Å². The molecule has 1 N–H and O–H groups in total. The molecular formula is C12H14F3N. The fourth-order valence-corrected chi connectivity index (χ4v) is 2.29. The van der Waals surface area contributed by atoms with Crippen LogP contribution in [0.4, 0.5) is 13.2 Å². The van der Waals surface area contributed by atoms with E-state index in [-0.39, 0.29) is 6.04 Å². The molecule has 16 heavy (non-hydrogen) atoms. The Kier molecular flexibility index (Phi) is 2.93. The van der Waals surface area contributed by atoms with Gasteiger partial charge in [0.05, 0.1) is 5.56 Å². The smallest absolute Gasteiger partial charge is 0.313 e. The van der Waals surface area contributed by atoms with Crippen molar-refractivity contribution in [2.24, 2.45) is 0 Å². The number of alkyl halides is 3. The zero-order valence-corrected chi connectivity index (χ0v) is 9.06. The largest absolute Gasteiger partial charge is 0.416 e. The molecule has 1 atom stereocenters. The Balaban J connectivity index is 2.39. The summed E-state index contributed by atoms with van der Waals surface area (Å²) in [4.78, 5) is 0. The van der Waals surface area contributed by atoms with Crippen molar-refractivity contribution in [1.82, 2.24) is 5.32 Å². The summed E-state index contributed by atoms with van der Waals surface area (Å²) >= 11 is 0. The highest BCUT2D eigenvalue weighted by molar-refractivity contribution is 5.37. The van der Waals surface area contributed by atoms with Crippen LogP contribution in [0.3, 0.4) is 0 Å². The number of rotatable bonds is 1. The molecule has 88 valence electrons. The minimum Gasteiger partial charge on any atom is -0.313 e. The van der Waals surface area contributed by atoms with Crippen LogP contribution in [0, 0.1) is 0 Å². The van der Waals surface area contributed by atoms with E-state index in [2.05, 4.69) is 5.32 Å². The van der Waals surface area contributed by atoms with Crippen LogP contribution in [0.1, 0.15) is 35.6 Å². The van der Waals surface area contributed by atoms with E-state index in [1.54, 1.807) is 6.07 Å². The zero-order chi connectivity index (χ0) is 11.8. The average molecular weight is 229 g/mol. The molecule has 1 aromatic rings. The van der Waals surface area contributed by atoms with Gasteiger partial charge in [0.25, 0.3) is 0 Å². The highest BCUT2D eigenvalue weighted by Crippen LogP contribution is 2.35. The number of nitrogens with one attached hydrogen (secondary N) is 1. The monoisotopic (exact) mass is 229 g/mol. The number of halogens is 3. The molecule has 1 unspecified atom stereocenters. The molecule has 0 radical (unpaired) electrons. The van der Waals surface area contributed by atoms with Gasteiger partial charge in [0.15, 0.2) is 0 Å². The van der Waals surface area contributed by atoms with Gasteiger partial charge in [-0.05, 0) is 49.6 Å². The third-order valence-corrected chi connectivity index (χ3v) is 3.13. The van der Waals surface area contributed by atoms with Crippen molar-refractivity contribution < 1.29 is 13.2 Å².